The third-order valence-corrected chi connectivity index (χ3v) is 4.93. The summed E-state index contributed by atoms with van der Waals surface area (Å²) in [6.45, 7) is 6.26. The summed E-state index contributed by atoms with van der Waals surface area (Å²) in [4.78, 5) is 12.0. The first-order valence-corrected chi connectivity index (χ1v) is 8.00. The number of ether oxygens (including phenoxy) is 1. The number of hydrogen-bond donors (Lipinski definition) is 1. The molecular formula is C16H29NO2. The quantitative estimate of drug-likeness (QED) is 0.777. The van der Waals surface area contributed by atoms with Crippen LogP contribution in [0.5, 0.6) is 0 Å². The lowest BCUT2D eigenvalue weighted by atomic mass is 9.83. The third kappa shape index (κ3) is 4.48. The molecule has 19 heavy (non-hydrogen) atoms. The first-order valence-electron chi connectivity index (χ1n) is 8.00. The Balaban J connectivity index is 1.72. The van der Waals surface area contributed by atoms with Crippen molar-refractivity contribution >= 4 is 5.97 Å². The van der Waals surface area contributed by atoms with Gasteiger partial charge >= 0.3 is 5.97 Å². The minimum atomic E-state index is -0.297. The van der Waals surface area contributed by atoms with Crippen molar-refractivity contribution in [3.63, 3.8) is 0 Å². The molecule has 1 aliphatic heterocycles. The van der Waals surface area contributed by atoms with Crippen molar-refractivity contribution in [1.82, 2.24) is 5.32 Å². The zero-order chi connectivity index (χ0) is 13.7. The Hall–Kier alpha value is -0.570. The van der Waals surface area contributed by atoms with Gasteiger partial charge in [0.05, 0.1) is 0 Å². The summed E-state index contributed by atoms with van der Waals surface area (Å²) < 4.78 is 5.77. The van der Waals surface area contributed by atoms with Crippen LogP contribution in [-0.2, 0) is 9.53 Å². The van der Waals surface area contributed by atoms with E-state index < -0.39 is 0 Å². The zero-order valence-electron chi connectivity index (χ0n) is 12.5. The molecule has 0 aromatic rings. The van der Waals surface area contributed by atoms with Gasteiger partial charge in [-0.3, -0.25) is 4.79 Å². The van der Waals surface area contributed by atoms with Crippen LogP contribution >= 0.6 is 0 Å². The molecule has 0 aromatic carbocycles. The van der Waals surface area contributed by atoms with Crippen LogP contribution in [-0.4, -0.2) is 24.7 Å². The molecule has 0 unspecified atom stereocenters. The number of nitrogens with one attached hydrogen (secondary N) is 1. The van der Waals surface area contributed by atoms with Crippen LogP contribution in [0.4, 0.5) is 0 Å². The smallest absolute Gasteiger partial charge is 0.306 e. The highest BCUT2D eigenvalue weighted by atomic mass is 16.6. The molecule has 1 heterocycles. The molecule has 1 saturated carbocycles. The van der Waals surface area contributed by atoms with Crippen molar-refractivity contribution in [2.75, 3.05) is 13.1 Å². The molecule has 0 spiro atoms. The van der Waals surface area contributed by atoms with Crippen LogP contribution in [0.2, 0.25) is 0 Å². The molecular weight excluding hydrogens is 238 g/mol. The predicted molar refractivity (Wildman–Crippen MR) is 77.0 cm³/mol. The first kappa shape index (κ1) is 14.8. The Kier molecular flexibility index (Phi) is 5.26. The SMILES string of the molecule is CC(C)(OC(=O)CCC1CCCC1)C1CCNCC1. The van der Waals surface area contributed by atoms with Crippen LogP contribution < -0.4 is 5.32 Å². The van der Waals surface area contributed by atoms with Crippen molar-refractivity contribution in [1.29, 1.82) is 0 Å². The average molecular weight is 267 g/mol. The number of hydrogen-bond acceptors (Lipinski definition) is 3. The number of carbonyl (C=O) groups excluding carboxylic acids is 1. The number of rotatable bonds is 5. The van der Waals surface area contributed by atoms with Gasteiger partial charge < -0.3 is 10.1 Å². The minimum Gasteiger partial charge on any atom is -0.459 e. The molecule has 0 aromatic heterocycles. The standard InChI is InChI=1S/C16H29NO2/c1-16(2,14-9-11-17-12-10-14)19-15(18)8-7-13-5-3-4-6-13/h13-14,17H,3-12H2,1-2H3. The summed E-state index contributed by atoms with van der Waals surface area (Å²) in [5.41, 5.74) is -0.297. The zero-order valence-corrected chi connectivity index (χ0v) is 12.5. The molecule has 1 aliphatic carbocycles. The van der Waals surface area contributed by atoms with E-state index in [1.165, 1.54) is 25.7 Å². The molecule has 2 aliphatic rings. The van der Waals surface area contributed by atoms with E-state index >= 15 is 0 Å². The average Bonchev–Trinajstić information content (AvgIpc) is 2.90. The van der Waals surface area contributed by atoms with Gasteiger partial charge in [-0.2, -0.15) is 0 Å². The van der Waals surface area contributed by atoms with E-state index in [0.717, 1.165) is 38.3 Å². The highest BCUT2D eigenvalue weighted by Crippen LogP contribution is 2.31. The predicted octanol–water partition coefficient (Wildman–Crippen LogP) is 3.28. The lowest BCUT2D eigenvalue weighted by Crippen LogP contribution is -2.42. The minimum absolute atomic E-state index is 0.00966. The summed E-state index contributed by atoms with van der Waals surface area (Å²) in [7, 11) is 0. The van der Waals surface area contributed by atoms with Crippen LogP contribution in [0.25, 0.3) is 0 Å². The topological polar surface area (TPSA) is 38.3 Å². The van der Waals surface area contributed by atoms with Crippen LogP contribution in [0, 0.1) is 11.8 Å². The molecule has 110 valence electrons. The van der Waals surface area contributed by atoms with Gasteiger partial charge in [0.15, 0.2) is 0 Å². The lowest BCUT2D eigenvalue weighted by Gasteiger charge is -2.36. The van der Waals surface area contributed by atoms with Gasteiger partial charge in [0.25, 0.3) is 0 Å². The van der Waals surface area contributed by atoms with Crippen molar-refractivity contribution in [3.05, 3.63) is 0 Å². The molecule has 0 amide bonds. The Morgan fingerprint density at radius 1 is 1.16 bits per heavy atom. The van der Waals surface area contributed by atoms with Crippen LogP contribution in [0.1, 0.15) is 65.2 Å². The van der Waals surface area contributed by atoms with Gasteiger partial charge in [-0.25, -0.2) is 0 Å². The fourth-order valence-corrected chi connectivity index (χ4v) is 3.57. The molecule has 2 fully saturated rings. The second kappa shape index (κ2) is 6.74. The van der Waals surface area contributed by atoms with Crippen molar-refractivity contribution < 1.29 is 9.53 Å². The summed E-state index contributed by atoms with van der Waals surface area (Å²) >= 11 is 0. The van der Waals surface area contributed by atoms with Gasteiger partial charge in [-0.05, 0) is 52.1 Å². The third-order valence-electron chi connectivity index (χ3n) is 4.93. The molecule has 0 atom stereocenters. The van der Waals surface area contributed by atoms with E-state index in [-0.39, 0.29) is 11.6 Å². The second-order valence-electron chi connectivity index (χ2n) is 6.79. The highest BCUT2D eigenvalue weighted by Gasteiger charge is 2.34. The Bertz CT molecular complexity index is 289. The van der Waals surface area contributed by atoms with Gasteiger partial charge in [0.2, 0.25) is 0 Å². The molecule has 3 heteroatoms. The van der Waals surface area contributed by atoms with Crippen LogP contribution in [0.15, 0.2) is 0 Å². The maximum absolute atomic E-state index is 12.0. The van der Waals surface area contributed by atoms with E-state index in [1.54, 1.807) is 0 Å². The van der Waals surface area contributed by atoms with Crippen LogP contribution in [0.3, 0.4) is 0 Å². The van der Waals surface area contributed by atoms with E-state index in [4.69, 9.17) is 4.74 Å². The van der Waals surface area contributed by atoms with Gasteiger partial charge in [0, 0.05) is 12.3 Å². The van der Waals surface area contributed by atoms with E-state index in [0.29, 0.717) is 12.3 Å². The van der Waals surface area contributed by atoms with Gasteiger partial charge in [-0.15, -0.1) is 0 Å². The fraction of sp³-hybridized carbons (Fsp3) is 0.938. The first-order chi connectivity index (χ1) is 9.08. The maximum Gasteiger partial charge on any atom is 0.306 e. The van der Waals surface area contributed by atoms with Gasteiger partial charge in [0.1, 0.15) is 5.60 Å². The lowest BCUT2D eigenvalue weighted by molar-refractivity contribution is -0.163. The number of esters is 1. The number of carbonyl (C=O) groups is 1. The largest absolute Gasteiger partial charge is 0.459 e. The van der Waals surface area contributed by atoms with Crippen molar-refractivity contribution in [3.8, 4) is 0 Å². The molecule has 0 bridgehead atoms. The molecule has 0 radical (unpaired) electrons. The number of piperidine rings is 1. The van der Waals surface area contributed by atoms with E-state index in [2.05, 4.69) is 19.2 Å². The Morgan fingerprint density at radius 2 is 1.79 bits per heavy atom. The highest BCUT2D eigenvalue weighted by molar-refractivity contribution is 5.69. The molecule has 1 N–H and O–H groups in total. The molecule has 2 rings (SSSR count). The van der Waals surface area contributed by atoms with Crippen molar-refractivity contribution in [2.24, 2.45) is 11.8 Å². The molecule has 1 saturated heterocycles. The van der Waals surface area contributed by atoms with Crippen molar-refractivity contribution in [2.45, 2.75) is 70.8 Å². The Morgan fingerprint density at radius 3 is 2.42 bits per heavy atom. The van der Waals surface area contributed by atoms with Gasteiger partial charge in [-0.1, -0.05) is 25.7 Å². The van der Waals surface area contributed by atoms with E-state index in [1.807, 2.05) is 0 Å². The maximum atomic E-state index is 12.0. The summed E-state index contributed by atoms with van der Waals surface area (Å²) in [6.07, 6.45) is 9.18. The summed E-state index contributed by atoms with van der Waals surface area (Å²) in [6, 6.07) is 0. The fourth-order valence-electron chi connectivity index (χ4n) is 3.57. The molecule has 3 nitrogen and oxygen atoms in total. The monoisotopic (exact) mass is 267 g/mol. The Labute approximate surface area is 117 Å². The summed E-state index contributed by atoms with van der Waals surface area (Å²) in [5.74, 6) is 1.29. The van der Waals surface area contributed by atoms with E-state index in [9.17, 15) is 4.79 Å². The normalized spacial score (nSPS) is 22.6. The second-order valence-corrected chi connectivity index (χ2v) is 6.79. The summed E-state index contributed by atoms with van der Waals surface area (Å²) in [5, 5.41) is 3.36.